The van der Waals surface area contributed by atoms with Gasteiger partial charge in [0.2, 0.25) is 0 Å². The van der Waals surface area contributed by atoms with Crippen molar-refractivity contribution in [1.29, 1.82) is 0 Å². The Labute approximate surface area is 85.5 Å². The molecular formula is C11H18N2O. The molecule has 0 spiro atoms. The maximum atomic E-state index is 5.07. The molecule has 0 radical (unpaired) electrons. The van der Waals surface area contributed by atoms with E-state index in [-0.39, 0.29) is 0 Å². The molecule has 0 amide bonds. The van der Waals surface area contributed by atoms with Gasteiger partial charge in [-0.15, -0.1) is 0 Å². The minimum Gasteiger partial charge on any atom is -0.385 e. The Hall–Kier alpha value is -0.930. The summed E-state index contributed by atoms with van der Waals surface area (Å²) < 4.78 is 5.07. The van der Waals surface area contributed by atoms with Crippen molar-refractivity contribution in [2.24, 2.45) is 0 Å². The van der Waals surface area contributed by atoms with E-state index in [4.69, 9.17) is 4.74 Å². The van der Waals surface area contributed by atoms with Gasteiger partial charge >= 0.3 is 0 Å². The first kappa shape index (κ1) is 11.1. The van der Waals surface area contributed by atoms with Crippen molar-refractivity contribution >= 4 is 0 Å². The van der Waals surface area contributed by atoms with Gasteiger partial charge in [-0.2, -0.15) is 0 Å². The molecule has 1 heterocycles. The van der Waals surface area contributed by atoms with Crippen LogP contribution in [0, 0.1) is 0 Å². The number of pyridine rings is 1. The number of methoxy groups -OCH3 is 1. The van der Waals surface area contributed by atoms with Crippen LogP contribution in [0.15, 0.2) is 24.4 Å². The summed E-state index contributed by atoms with van der Waals surface area (Å²) >= 11 is 0. The van der Waals surface area contributed by atoms with E-state index in [9.17, 15) is 0 Å². The number of rotatable bonds is 6. The Morgan fingerprint density at radius 2 is 2.36 bits per heavy atom. The predicted molar refractivity (Wildman–Crippen MR) is 57.1 cm³/mol. The van der Waals surface area contributed by atoms with Crippen LogP contribution in [0.1, 0.15) is 25.1 Å². The number of nitrogens with one attached hydrogen (secondary N) is 1. The van der Waals surface area contributed by atoms with Gasteiger partial charge in [-0.1, -0.05) is 13.0 Å². The van der Waals surface area contributed by atoms with E-state index < -0.39 is 0 Å². The van der Waals surface area contributed by atoms with Gasteiger partial charge in [0, 0.05) is 19.9 Å². The molecule has 1 unspecified atom stereocenters. The Morgan fingerprint density at radius 3 is 2.93 bits per heavy atom. The van der Waals surface area contributed by atoms with E-state index in [1.54, 1.807) is 7.11 Å². The molecule has 1 aromatic rings. The monoisotopic (exact) mass is 194 g/mol. The Morgan fingerprint density at radius 1 is 1.50 bits per heavy atom. The lowest BCUT2D eigenvalue weighted by molar-refractivity contribution is 0.182. The summed E-state index contributed by atoms with van der Waals surface area (Å²) in [5, 5.41) is 3.39. The fourth-order valence-corrected chi connectivity index (χ4v) is 1.42. The third-order valence-electron chi connectivity index (χ3n) is 2.11. The minimum atomic E-state index is 0.307. The first-order valence-corrected chi connectivity index (χ1v) is 5.01. The summed E-state index contributed by atoms with van der Waals surface area (Å²) in [6.07, 6.45) is 2.79. The summed E-state index contributed by atoms with van der Waals surface area (Å²) in [4.78, 5) is 4.33. The zero-order valence-corrected chi connectivity index (χ0v) is 8.86. The molecule has 3 nitrogen and oxygen atoms in total. The fourth-order valence-electron chi connectivity index (χ4n) is 1.42. The third kappa shape index (κ3) is 3.44. The normalized spacial score (nSPS) is 12.7. The molecule has 0 bridgehead atoms. The van der Waals surface area contributed by atoms with Gasteiger partial charge in [0.15, 0.2) is 0 Å². The molecule has 0 saturated heterocycles. The molecule has 1 N–H and O–H groups in total. The maximum absolute atomic E-state index is 5.07. The molecular weight excluding hydrogens is 176 g/mol. The Bertz CT molecular complexity index is 238. The first-order valence-electron chi connectivity index (χ1n) is 5.01. The van der Waals surface area contributed by atoms with Crippen molar-refractivity contribution < 1.29 is 4.74 Å². The highest BCUT2D eigenvalue weighted by atomic mass is 16.5. The molecule has 3 heteroatoms. The molecule has 1 atom stereocenters. The fraction of sp³-hybridized carbons (Fsp3) is 0.545. The van der Waals surface area contributed by atoms with Gasteiger partial charge in [0.1, 0.15) is 0 Å². The van der Waals surface area contributed by atoms with Gasteiger partial charge in [0.25, 0.3) is 0 Å². The molecule has 0 aliphatic carbocycles. The van der Waals surface area contributed by atoms with Crippen molar-refractivity contribution in [1.82, 2.24) is 10.3 Å². The van der Waals surface area contributed by atoms with Gasteiger partial charge in [0.05, 0.1) is 11.7 Å². The Balaban J connectivity index is 2.58. The second-order valence-electron chi connectivity index (χ2n) is 3.15. The molecule has 0 aromatic carbocycles. The van der Waals surface area contributed by atoms with Crippen LogP contribution in [0.2, 0.25) is 0 Å². The highest BCUT2D eigenvalue weighted by Gasteiger charge is 2.09. The van der Waals surface area contributed by atoms with Crippen molar-refractivity contribution in [2.45, 2.75) is 19.4 Å². The van der Waals surface area contributed by atoms with Crippen LogP contribution in [0.3, 0.4) is 0 Å². The van der Waals surface area contributed by atoms with Crippen LogP contribution < -0.4 is 5.32 Å². The van der Waals surface area contributed by atoms with E-state index >= 15 is 0 Å². The number of ether oxygens (including phenoxy) is 1. The average molecular weight is 194 g/mol. The standard InChI is InChI=1S/C11H18N2O/c1-3-12-11(7-9-14-2)10-6-4-5-8-13-10/h4-6,8,11-12H,3,7,9H2,1-2H3. The smallest absolute Gasteiger partial charge is 0.0574 e. The minimum absolute atomic E-state index is 0.307. The molecule has 0 fully saturated rings. The SMILES string of the molecule is CCNC(CCOC)c1ccccn1. The lowest BCUT2D eigenvalue weighted by Gasteiger charge is -2.16. The molecule has 1 aromatic heterocycles. The lowest BCUT2D eigenvalue weighted by Crippen LogP contribution is -2.23. The molecule has 0 aliphatic rings. The predicted octanol–water partition coefficient (Wildman–Crippen LogP) is 1.77. The third-order valence-corrected chi connectivity index (χ3v) is 2.11. The number of hydrogen-bond donors (Lipinski definition) is 1. The van der Waals surface area contributed by atoms with Crippen molar-refractivity contribution in [3.8, 4) is 0 Å². The number of nitrogens with zero attached hydrogens (tertiary/aromatic N) is 1. The van der Waals surface area contributed by atoms with Crippen LogP contribution in [0.25, 0.3) is 0 Å². The van der Waals surface area contributed by atoms with Crippen LogP contribution >= 0.6 is 0 Å². The topological polar surface area (TPSA) is 34.1 Å². The quantitative estimate of drug-likeness (QED) is 0.749. The van der Waals surface area contributed by atoms with Gasteiger partial charge < -0.3 is 10.1 Å². The van der Waals surface area contributed by atoms with Crippen LogP contribution in [-0.4, -0.2) is 25.2 Å². The van der Waals surface area contributed by atoms with Crippen molar-refractivity contribution in [2.75, 3.05) is 20.3 Å². The summed E-state index contributed by atoms with van der Waals surface area (Å²) in [7, 11) is 1.72. The van der Waals surface area contributed by atoms with E-state index in [1.807, 2.05) is 24.4 Å². The average Bonchev–Trinajstić information content (AvgIpc) is 2.25. The zero-order chi connectivity index (χ0) is 10.2. The molecule has 1 rings (SSSR count). The molecule has 0 aliphatic heterocycles. The van der Waals surface area contributed by atoms with Crippen LogP contribution in [0.4, 0.5) is 0 Å². The summed E-state index contributed by atoms with van der Waals surface area (Å²) in [5.41, 5.74) is 1.09. The zero-order valence-electron chi connectivity index (χ0n) is 8.86. The van der Waals surface area contributed by atoms with Crippen molar-refractivity contribution in [3.05, 3.63) is 30.1 Å². The van der Waals surface area contributed by atoms with Crippen molar-refractivity contribution in [3.63, 3.8) is 0 Å². The molecule has 0 saturated carbocycles. The van der Waals surface area contributed by atoms with Crippen LogP contribution in [0.5, 0.6) is 0 Å². The molecule has 78 valence electrons. The van der Waals surface area contributed by atoms with E-state index in [1.165, 1.54) is 0 Å². The van der Waals surface area contributed by atoms with Gasteiger partial charge in [-0.3, -0.25) is 4.98 Å². The largest absolute Gasteiger partial charge is 0.385 e. The van der Waals surface area contributed by atoms with Gasteiger partial charge in [-0.25, -0.2) is 0 Å². The Kier molecular flexibility index (Phi) is 5.19. The molecule has 14 heavy (non-hydrogen) atoms. The second kappa shape index (κ2) is 6.51. The number of hydrogen-bond acceptors (Lipinski definition) is 3. The maximum Gasteiger partial charge on any atom is 0.0574 e. The summed E-state index contributed by atoms with van der Waals surface area (Å²) in [6.45, 7) is 3.81. The van der Waals surface area contributed by atoms with E-state index in [0.29, 0.717) is 6.04 Å². The highest BCUT2D eigenvalue weighted by Crippen LogP contribution is 2.13. The van der Waals surface area contributed by atoms with E-state index in [0.717, 1.165) is 25.3 Å². The highest BCUT2D eigenvalue weighted by molar-refractivity contribution is 5.08. The van der Waals surface area contributed by atoms with Gasteiger partial charge in [-0.05, 0) is 25.1 Å². The summed E-state index contributed by atoms with van der Waals surface area (Å²) in [6, 6.07) is 6.30. The lowest BCUT2D eigenvalue weighted by atomic mass is 10.1. The second-order valence-corrected chi connectivity index (χ2v) is 3.15. The van der Waals surface area contributed by atoms with Crippen LogP contribution in [-0.2, 0) is 4.74 Å². The number of aromatic nitrogens is 1. The first-order chi connectivity index (χ1) is 6.88. The summed E-state index contributed by atoms with van der Waals surface area (Å²) in [5.74, 6) is 0. The van der Waals surface area contributed by atoms with E-state index in [2.05, 4.69) is 17.2 Å².